The number of pyridine rings is 1. The maximum atomic E-state index is 12.9. The van der Waals surface area contributed by atoms with Gasteiger partial charge < -0.3 is 9.30 Å². The Morgan fingerprint density at radius 1 is 1.21 bits per heavy atom. The standard InChI is InChI=1S/C23H27F2N7O/c1-15-9-17(20-21-22(31(2)14-28-21)30-19(12-26)29-20)13-27-23(15)33-8-5-16-3-6-32(7-4-16)18(10-24)11-25/h9,13-14,16,18H,3-8,10-11H2,1-2H3. The highest BCUT2D eigenvalue weighted by molar-refractivity contribution is 5.87. The molecule has 1 fully saturated rings. The molecule has 0 radical (unpaired) electrons. The van der Waals surface area contributed by atoms with Gasteiger partial charge in [0.05, 0.1) is 19.0 Å². The number of aromatic nitrogens is 5. The van der Waals surface area contributed by atoms with Gasteiger partial charge in [-0.3, -0.25) is 4.90 Å². The fourth-order valence-corrected chi connectivity index (χ4v) is 4.27. The fourth-order valence-electron chi connectivity index (χ4n) is 4.27. The van der Waals surface area contributed by atoms with Crippen LogP contribution in [0.4, 0.5) is 8.78 Å². The number of aryl methyl sites for hydroxylation is 2. The normalized spacial score (nSPS) is 15.3. The lowest BCUT2D eigenvalue weighted by molar-refractivity contribution is 0.0893. The van der Waals surface area contributed by atoms with Crippen molar-refractivity contribution in [2.75, 3.05) is 33.0 Å². The van der Waals surface area contributed by atoms with E-state index >= 15 is 0 Å². The van der Waals surface area contributed by atoms with E-state index in [-0.39, 0.29) is 5.82 Å². The van der Waals surface area contributed by atoms with Crippen LogP contribution in [0.3, 0.4) is 0 Å². The molecular weight excluding hydrogens is 428 g/mol. The number of imidazole rings is 1. The molecular formula is C23H27F2N7O. The first-order chi connectivity index (χ1) is 16.0. The molecule has 10 heteroatoms. The van der Waals surface area contributed by atoms with Crippen molar-refractivity contribution in [3.05, 3.63) is 30.0 Å². The average molecular weight is 456 g/mol. The number of halogens is 2. The van der Waals surface area contributed by atoms with Crippen molar-refractivity contribution in [3.8, 4) is 23.2 Å². The molecule has 0 saturated carbocycles. The zero-order valence-electron chi connectivity index (χ0n) is 18.8. The number of ether oxygens (including phenoxy) is 1. The van der Waals surface area contributed by atoms with Crippen LogP contribution in [0.25, 0.3) is 22.4 Å². The van der Waals surface area contributed by atoms with Crippen molar-refractivity contribution in [2.45, 2.75) is 32.2 Å². The van der Waals surface area contributed by atoms with Crippen LogP contribution in [0.15, 0.2) is 18.6 Å². The topological polar surface area (TPSA) is 92.8 Å². The van der Waals surface area contributed by atoms with Crippen LogP contribution in [0.5, 0.6) is 5.88 Å². The summed E-state index contributed by atoms with van der Waals surface area (Å²) in [6.45, 7) is 2.62. The Bertz CT molecular complexity index is 1150. The first kappa shape index (κ1) is 23.0. The smallest absolute Gasteiger partial charge is 0.234 e. The molecule has 0 unspecified atom stereocenters. The van der Waals surface area contributed by atoms with Gasteiger partial charge in [-0.25, -0.2) is 23.7 Å². The van der Waals surface area contributed by atoms with Crippen molar-refractivity contribution in [3.63, 3.8) is 0 Å². The molecule has 33 heavy (non-hydrogen) atoms. The van der Waals surface area contributed by atoms with E-state index in [1.165, 1.54) is 0 Å². The highest BCUT2D eigenvalue weighted by atomic mass is 19.1. The minimum absolute atomic E-state index is 0.0782. The van der Waals surface area contributed by atoms with Gasteiger partial charge in [-0.05, 0) is 51.3 Å². The van der Waals surface area contributed by atoms with Crippen molar-refractivity contribution in [1.29, 1.82) is 5.26 Å². The molecule has 0 bridgehead atoms. The van der Waals surface area contributed by atoms with Crippen molar-refractivity contribution < 1.29 is 13.5 Å². The van der Waals surface area contributed by atoms with Gasteiger partial charge in [0.25, 0.3) is 0 Å². The summed E-state index contributed by atoms with van der Waals surface area (Å²) in [5.41, 5.74) is 3.36. The van der Waals surface area contributed by atoms with E-state index in [9.17, 15) is 14.0 Å². The van der Waals surface area contributed by atoms with Crippen LogP contribution >= 0.6 is 0 Å². The lowest BCUT2D eigenvalue weighted by Gasteiger charge is -2.35. The van der Waals surface area contributed by atoms with Gasteiger partial charge in [0.15, 0.2) is 5.65 Å². The van der Waals surface area contributed by atoms with E-state index in [4.69, 9.17) is 4.74 Å². The van der Waals surface area contributed by atoms with Crippen molar-refractivity contribution >= 4 is 11.2 Å². The minimum atomic E-state index is -0.635. The number of fused-ring (bicyclic) bond motifs is 1. The minimum Gasteiger partial charge on any atom is -0.477 e. The molecule has 8 nitrogen and oxygen atoms in total. The Morgan fingerprint density at radius 2 is 1.97 bits per heavy atom. The van der Waals surface area contributed by atoms with E-state index in [0.717, 1.165) is 43.5 Å². The number of likely N-dealkylation sites (tertiary alicyclic amines) is 1. The summed E-state index contributed by atoms with van der Waals surface area (Å²) in [5, 5.41) is 9.29. The molecule has 0 atom stereocenters. The van der Waals surface area contributed by atoms with Gasteiger partial charge in [-0.15, -0.1) is 0 Å². The molecule has 0 N–H and O–H groups in total. The van der Waals surface area contributed by atoms with E-state index in [2.05, 4.69) is 19.9 Å². The van der Waals surface area contributed by atoms with Crippen molar-refractivity contribution in [1.82, 2.24) is 29.4 Å². The Hall–Kier alpha value is -3.19. The van der Waals surface area contributed by atoms with Gasteiger partial charge in [0, 0.05) is 24.4 Å². The third-order valence-electron chi connectivity index (χ3n) is 6.25. The Balaban J connectivity index is 1.39. The molecule has 4 rings (SSSR count). The van der Waals surface area contributed by atoms with Crippen LogP contribution in [-0.4, -0.2) is 68.5 Å². The maximum Gasteiger partial charge on any atom is 0.234 e. The highest BCUT2D eigenvalue weighted by Gasteiger charge is 2.25. The molecule has 0 aromatic carbocycles. The molecule has 1 aliphatic rings. The summed E-state index contributed by atoms with van der Waals surface area (Å²) >= 11 is 0. The van der Waals surface area contributed by atoms with Gasteiger partial charge in [-0.2, -0.15) is 10.2 Å². The molecule has 1 saturated heterocycles. The largest absolute Gasteiger partial charge is 0.477 e. The molecule has 4 heterocycles. The Kier molecular flexibility index (Phi) is 7.08. The quantitative estimate of drug-likeness (QED) is 0.514. The number of nitrogens with zero attached hydrogens (tertiary/aromatic N) is 7. The van der Waals surface area contributed by atoms with E-state index in [1.807, 2.05) is 31.0 Å². The first-order valence-corrected chi connectivity index (χ1v) is 11.1. The van der Waals surface area contributed by atoms with Crippen LogP contribution in [0.1, 0.15) is 30.7 Å². The Morgan fingerprint density at radius 3 is 2.64 bits per heavy atom. The zero-order chi connectivity index (χ0) is 23.4. The average Bonchev–Trinajstić information content (AvgIpc) is 3.21. The number of hydrogen-bond acceptors (Lipinski definition) is 7. The molecule has 0 spiro atoms. The number of alkyl halides is 2. The van der Waals surface area contributed by atoms with Gasteiger partial charge >= 0.3 is 0 Å². The van der Waals surface area contributed by atoms with Crippen LogP contribution in [0, 0.1) is 24.2 Å². The third-order valence-corrected chi connectivity index (χ3v) is 6.25. The third kappa shape index (κ3) is 4.93. The molecule has 0 aliphatic carbocycles. The summed E-state index contributed by atoms with van der Waals surface area (Å²) in [6.07, 6.45) is 6.02. The maximum absolute atomic E-state index is 12.9. The highest BCUT2D eigenvalue weighted by Crippen LogP contribution is 2.28. The lowest BCUT2D eigenvalue weighted by Crippen LogP contribution is -2.44. The van der Waals surface area contributed by atoms with Gasteiger partial charge in [-0.1, -0.05) is 0 Å². The molecule has 3 aromatic rings. The van der Waals surface area contributed by atoms with Crippen LogP contribution in [-0.2, 0) is 7.05 Å². The number of hydrogen-bond donors (Lipinski definition) is 0. The summed E-state index contributed by atoms with van der Waals surface area (Å²) < 4.78 is 33.5. The van der Waals surface area contributed by atoms with Gasteiger partial charge in [0.2, 0.25) is 11.7 Å². The molecule has 1 aliphatic heterocycles. The van der Waals surface area contributed by atoms with Crippen LogP contribution in [0.2, 0.25) is 0 Å². The number of nitriles is 1. The summed E-state index contributed by atoms with van der Waals surface area (Å²) in [5.74, 6) is 1.11. The molecule has 174 valence electrons. The van der Waals surface area contributed by atoms with E-state index in [0.29, 0.717) is 35.3 Å². The predicted octanol–water partition coefficient (Wildman–Crippen LogP) is 3.39. The van der Waals surface area contributed by atoms with Gasteiger partial charge in [0.1, 0.15) is 30.6 Å². The molecule has 3 aromatic heterocycles. The van der Waals surface area contributed by atoms with E-state index < -0.39 is 19.4 Å². The van der Waals surface area contributed by atoms with Crippen molar-refractivity contribution in [2.24, 2.45) is 13.0 Å². The first-order valence-electron chi connectivity index (χ1n) is 11.1. The fraction of sp³-hybridized carbons (Fsp3) is 0.522. The van der Waals surface area contributed by atoms with Crippen LogP contribution < -0.4 is 4.74 Å². The second kappa shape index (κ2) is 10.2. The summed E-state index contributed by atoms with van der Waals surface area (Å²) in [6, 6.07) is 3.32. The molecule has 0 amide bonds. The zero-order valence-corrected chi connectivity index (χ0v) is 18.8. The number of rotatable bonds is 8. The summed E-state index contributed by atoms with van der Waals surface area (Å²) in [4.78, 5) is 19.3. The predicted molar refractivity (Wildman–Crippen MR) is 119 cm³/mol. The lowest BCUT2D eigenvalue weighted by atomic mass is 9.93. The Labute approximate surface area is 191 Å². The number of piperidine rings is 1. The van der Waals surface area contributed by atoms with E-state index in [1.54, 1.807) is 17.1 Å². The SMILES string of the molecule is Cc1cc(-c2nc(C#N)nc3c2ncn3C)cnc1OCCC1CCN(C(CF)CF)CC1. The second-order valence-corrected chi connectivity index (χ2v) is 8.46. The second-order valence-electron chi connectivity index (χ2n) is 8.46. The summed E-state index contributed by atoms with van der Waals surface area (Å²) in [7, 11) is 1.82. The monoisotopic (exact) mass is 455 g/mol.